The van der Waals surface area contributed by atoms with Crippen molar-refractivity contribution in [3.05, 3.63) is 35.3 Å². The SMILES string of the molecule is COc1cccc(N2CC(C(=O)Nc3ncc(C)s3)CC2=O)c1. The quantitative estimate of drug-likeness (QED) is 0.934. The van der Waals surface area contributed by atoms with Crippen LogP contribution in [0.1, 0.15) is 11.3 Å². The Bertz CT molecular complexity index is 744. The van der Waals surface area contributed by atoms with Crippen LogP contribution in [0, 0.1) is 12.8 Å². The van der Waals surface area contributed by atoms with E-state index in [0.717, 1.165) is 10.6 Å². The summed E-state index contributed by atoms with van der Waals surface area (Å²) < 4.78 is 5.18. The molecule has 23 heavy (non-hydrogen) atoms. The first-order valence-electron chi connectivity index (χ1n) is 7.24. The number of nitrogens with zero attached hydrogens (tertiary/aromatic N) is 2. The number of carbonyl (C=O) groups is 2. The van der Waals surface area contributed by atoms with Crippen molar-refractivity contribution in [3.63, 3.8) is 0 Å². The molecular formula is C16H17N3O3S. The van der Waals surface area contributed by atoms with Gasteiger partial charge < -0.3 is 15.0 Å². The lowest BCUT2D eigenvalue weighted by atomic mass is 10.1. The van der Waals surface area contributed by atoms with Gasteiger partial charge in [0.1, 0.15) is 5.75 Å². The van der Waals surface area contributed by atoms with Crippen LogP contribution in [0.2, 0.25) is 0 Å². The van der Waals surface area contributed by atoms with Crippen LogP contribution in [0.5, 0.6) is 5.75 Å². The Morgan fingerprint density at radius 2 is 2.30 bits per heavy atom. The van der Waals surface area contributed by atoms with Gasteiger partial charge >= 0.3 is 0 Å². The maximum absolute atomic E-state index is 12.3. The van der Waals surface area contributed by atoms with Crippen LogP contribution in [-0.4, -0.2) is 30.5 Å². The second kappa shape index (κ2) is 6.37. The van der Waals surface area contributed by atoms with Gasteiger partial charge in [-0.25, -0.2) is 4.98 Å². The summed E-state index contributed by atoms with van der Waals surface area (Å²) in [6.07, 6.45) is 1.91. The molecule has 1 atom stereocenters. The molecule has 1 unspecified atom stereocenters. The molecule has 2 aromatic rings. The molecule has 2 amide bonds. The Morgan fingerprint density at radius 1 is 1.48 bits per heavy atom. The molecule has 1 fully saturated rings. The van der Waals surface area contributed by atoms with Gasteiger partial charge in [0.2, 0.25) is 11.8 Å². The molecule has 1 saturated heterocycles. The third-order valence-corrected chi connectivity index (χ3v) is 4.54. The highest BCUT2D eigenvalue weighted by molar-refractivity contribution is 7.15. The number of benzene rings is 1. The molecule has 1 aromatic heterocycles. The zero-order chi connectivity index (χ0) is 16.4. The minimum atomic E-state index is -0.377. The molecule has 7 heteroatoms. The maximum atomic E-state index is 12.3. The summed E-state index contributed by atoms with van der Waals surface area (Å²) in [5, 5.41) is 3.35. The van der Waals surface area contributed by atoms with E-state index in [4.69, 9.17) is 4.74 Å². The molecule has 1 aliphatic rings. The van der Waals surface area contributed by atoms with Crippen LogP contribution in [0.4, 0.5) is 10.8 Å². The van der Waals surface area contributed by atoms with Gasteiger partial charge in [0.15, 0.2) is 5.13 Å². The highest BCUT2D eigenvalue weighted by atomic mass is 32.1. The monoisotopic (exact) mass is 331 g/mol. The summed E-state index contributed by atoms with van der Waals surface area (Å²) in [5.41, 5.74) is 0.745. The number of rotatable bonds is 4. The van der Waals surface area contributed by atoms with Crippen molar-refractivity contribution in [3.8, 4) is 5.75 Å². The third-order valence-electron chi connectivity index (χ3n) is 3.71. The van der Waals surface area contributed by atoms with Crippen molar-refractivity contribution < 1.29 is 14.3 Å². The average molecular weight is 331 g/mol. The summed E-state index contributed by atoms with van der Waals surface area (Å²) >= 11 is 1.42. The van der Waals surface area contributed by atoms with Crippen LogP contribution in [-0.2, 0) is 9.59 Å². The van der Waals surface area contributed by atoms with E-state index in [2.05, 4.69) is 10.3 Å². The number of ether oxygens (including phenoxy) is 1. The highest BCUT2D eigenvalue weighted by Gasteiger charge is 2.35. The van der Waals surface area contributed by atoms with Gasteiger partial charge in [0.25, 0.3) is 0 Å². The maximum Gasteiger partial charge on any atom is 0.231 e. The Morgan fingerprint density at radius 3 is 3.00 bits per heavy atom. The second-order valence-corrected chi connectivity index (χ2v) is 6.61. The molecule has 6 nitrogen and oxygen atoms in total. The number of anilines is 2. The fourth-order valence-corrected chi connectivity index (χ4v) is 3.20. The van der Waals surface area contributed by atoms with Crippen molar-refractivity contribution in [1.82, 2.24) is 4.98 Å². The predicted octanol–water partition coefficient (Wildman–Crippen LogP) is 2.45. The van der Waals surface area contributed by atoms with Crippen molar-refractivity contribution in [2.24, 2.45) is 5.92 Å². The van der Waals surface area contributed by atoms with Gasteiger partial charge in [-0.1, -0.05) is 6.07 Å². The largest absolute Gasteiger partial charge is 0.497 e. The average Bonchev–Trinajstić information content (AvgIpc) is 3.13. The number of aromatic nitrogens is 1. The molecule has 3 rings (SSSR count). The van der Waals surface area contributed by atoms with Crippen molar-refractivity contribution >= 4 is 34.0 Å². The summed E-state index contributed by atoms with van der Waals surface area (Å²) in [5.74, 6) is 0.0752. The highest BCUT2D eigenvalue weighted by Crippen LogP contribution is 2.28. The fraction of sp³-hybridized carbons (Fsp3) is 0.312. The summed E-state index contributed by atoms with van der Waals surface area (Å²) in [6.45, 7) is 2.29. The van der Waals surface area contributed by atoms with Gasteiger partial charge in [-0.3, -0.25) is 9.59 Å². The number of hydrogen-bond donors (Lipinski definition) is 1. The molecule has 0 radical (unpaired) electrons. The van der Waals surface area contributed by atoms with E-state index in [1.54, 1.807) is 24.3 Å². The molecule has 2 heterocycles. The lowest BCUT2D eigenvalue weighted by Crippen LogP contribution is -2.28. The van der Waals surface area contributed by atoms with Crippen LogP contribution in [0.15, 0.2) is 30.5 Å². The van der Waals surface area contributed by atoms with Gasteiger partial charge in [0.05, 0.1) is 13.0 Å². The number of nitrogens with one attached hydrogen (secondary N) is 1. The number of carbonyl (C=O) groups excluding carboxylic acids is 2. The molecular weight excluding hydrogens is 314 g/mol. The summed E-state index contributed by atoms with van der Waals surface area (Å²) in [6, 6.07) is 7.28. The van der Waals surface area contributed by atoms with E-state index in [1.807, 2.05) is 25.1 Å². The third kappa shape index (κ3) is 3.34. The van der Waals surface area contributed by atoms with Crippen LogP contribution in [0.25, 0.3) is 0 Å². The fourth-order valence-electron chi connectivity index (χ4n) is 2.53. The lowest BCUT2D eigenvalue weighted by molar-refractivity contribution is -0.122. The van der Waals surface area contributed by atoms with E-state index in [0.29, 0.717) is 17.4 Å². The minimum absolute atomic E-state index is 0.0614. The summed E-state index contributed by atoms with van der Waals surface area (Å²) in [4.78, 5) is 31.3. The number of amides is 2. The first kappa shape index (κ1) is 15.5. The normalized spacial score (nSPS) is 17.4. The van der Waals surface area contributed by atoms with Crippen molar-refractivity contribution in [2.45, 2.75) is 13.3 Å². The Kier molecular flexibility index (Phi) is 4.29. The molecule has 1 N–H and O–H groups in total. The molecule has 0 spiro atoms. The Hall–Kier alpha value is -2.41. The number of aryl methyl sites for hydroxylation is 1. The minimum Gasteiger partial charge on any atom is -0.497 e. The molecule has 0 saturated carbocycles. The number of hydrogen-bond acceptors (Lipinski definition) is 5. The van der Waals surface area contributed by atoms with Crippen molar-refractivity contribution in [2.75, 3.05) is 23.9 Å². The van der Waals surface area contributed by atoms with Gasteiger partial charge in [0, 0.05) is 35.8 Å². The number of methoxy groups -OCH3 is 1. The Labute approximate surface area is 138 Å². The van der Waals surface area contributed by atoms with Crippen molar-refractivity contribution in [1.29, 1.82) is 0 Å². The molecule has 0 aliphatic carbocycles. The smallest absolute Gasteiger partial charge is 0.231 e. The van der Waals surface area contributed by atoms with E-state index in [9.17, 15) is 9.59 Å². The predicted molar refractivity (Wildman–Crippen MR) is 88.9 cm³/mol. The summed E-state index contributed by atoms with van der Waals surface area (Å²) in [7, 11) is 1.58. The molecule has 1 aliphatic heterocycles. The standard InChI is InChI=1S/C16H17N3O3S/c1-10-8-17-16(23-10)18-15(21)11-6-14(20)19(9-11)12-4-3-5-13(7-12)22-2/h3-5,7-8,11H,6,9H2,1-2H3,(H,17,18,21). The van der Waals surface area contributed by atoms with Crippen LogP contribution >= 0.6 is 11.3 Å². The molecule has 0 bridgehead atoms. The lowest BCUT2D eigenvalue weighted by Gasteiger charge is -2.17. The van der Waals surface area contributed by atoms with Crippen LogP contribution < -0.4 is 15.0 Å². The second-order valence-electron chi connectivity index (χ2n) is 5.37. The Balaban J connectivity index is 1.70. The molecule has 1 aromatic carbocycles. The van der Waals surface area contributed by atoms with Gasteiger partial charge in [-0.15, -0.1) is 11.3 Å². The van der Waals surface area contributed by atoms with E-state index >= 15 is 0 Å². The van der Waals surface area contributed by atoms with E-state index < -0.39 is 0 Å². The van der Waals surface area contributed by atoms with E-state index in [1.165, 1.54) is 11.3 Å². The van der Waals surface area contributed by atoms with Crippen LogP contribution in [0.3, 0.4) is 0 Å². The van der Waals surface area contributed by atoms with Gasteiger partial charge in [-0.05, 0) is 19.1 Å². The number of thiazole rings is 1. The topological polar surface area (TPSA) is 71.5 Å². The zero-order valence-corrected chi connectivity index (χ0v) is 13.7. The first-order chi connectivity index (χ1) is 11.1. The zero-order valence-electron chi connectivity index (χ0n) is 12.9. The van der Waals surface area contributed by atoms with Gasteiger partial charge in [-0.2, -0.15) is 0 Å². The van der Waals surface area contributed by atoms with E-state index in [-0.39, 0.29) is 24.2 Å². The first-order valence-corrected chi connectivity index (χ1v) is 8.06. The molecule has 120 valence electrons.